The number of unbranched alkanes of at least 4 members (excludes halogenated alkanes) is 3. The molecule has 0 bridgehead atoms. The van der Waals surface area contributed by atoms with E-state index in [1.54, 1.807) is 12.1 Å². The maximum Gasteiger partial charge on any atom is 0.305 e. The fourth-order valence-corrected chi connectivity index (χ4v) is 6.07. The Kier molecular flexibility index (Phi) is 12.1. The molecule has 0 unspecified atom stereocenters. The van der Waals surface area contributed by atoms with E-state index in [1.165, 1.54) is 17.5 Å². The van der Waals surface area contributed by atoms with Crippen LogP contribution in [0, 0.1) is 6.92 Å². The highest BCUT2D eigenvalue weighted by Gasteiger charge is 2.23. The van der Waals surface area contributed by atoms with Crippen molar-refractivity contribution < 1.29 is 14.3 Å². The molecule has 1 aromatic carbocycles. The summed E-state index contributed by atoms with van der Waals surface area (Å²) in [5.41, 5.74) is 8.11. The van der Waals surface area contributed by atoms with Crippen molar-refractivity contribution in [3.63, 3.8) is 0 Å². The summed E-state index contributed by atoms with van der Waals surface area (Å²) >= 11 is 7.52. The van der Waals surface area contributed by atoms with Gasteiger partial charge in [0.05, 0.1) is 23.5 Å². The van der Waals surface area contributed by atoms with Crippen LogP contribution in [0.25, 0.3) is 0 Å². The zero-order chi connectivity index (χ0) is 29.9. The van der Waals surface area contributed by atoms with Crippen LogP contribution in [0.15, 0.2) is 30.5 Å². The van der Waals surface area contributed by atoms with E-state index in [4.69, 9.17) is 27.1 Å². The number of nitrogens with zero attached hydrogens (tertiary/aromatic N) is 4. The van der Waals surface area contributed by atoms with Crippen molar-refractivity contribution in [2.45, 2.75) is 71.3 Å². The number of amides is 1. The maximum absolute atomic E-state index is 12.9. The minimum atomic E-state index is -0.300. The van der Waals surface area contributed by atoms with E-state index >= 15 is 0 Å². The molecule has 0 saturated carbocycles. The largest absolute Gasteiger partial charge is 0.466 e. The number of ether oxygens (including phenoxy) is 1. The van der Waals surface area contributed by atoms with Crippen LogP contribution in [0.4, 0.5) is 16.6 Å². The number of likely N-dealkylation sites (tertiary alicyclic amines) is 1. The molecule has 12 heteroatoms. The molecule has 226 valence electrons. The molecule has 1 aliphatic heterocycles. The number of benzene rings is 1. The van der Waals surface area contributed by atoms with Gasteiger partial charge in [0.15, 0.2) is 5.13 Å². The van der Waals surface area contributed by atoms with Crippen molar-refractivity contribution in [3.8, 4) is 0 Å². The Morgan fingerprint density at radius 1 is 1.17 bits per heavy atom. The van der Waals surface area contributed by atoms with Crippen LogP contribution in [-0.2, 0) is 16.1 Å². The lowest BCUT2D eigenvalue weighted by molar-refractivity contribution is -0.143. The van der Waals surface area contributed by atoms with E-state index in [1.807, 2.05) is 26.0 Å². The van der Waals surface area contributed by atoms with Gasteiger partial charge in [-0.3, -0.25) is 9.59 Å². The first-order chi connectivity index (χ1) is 20.4. The monoisotopic (exact) mass is 613 g/mol. The molecule has 1 aliphatic rings. The van der Waals surface area contributed by atoms with Crippen molar-refractivity contribution in [3.05, 3.63) is 57.4 Å². The number of rotatable bonds is 14. The highest BCUT2D eigenvalue weighted by molar-refractivity contribution is 7.17. The third-order valence-corrected chi connectivity index (χ3v) is 8.52. The zero-order valence-electron chi connectivity index (χ0n) is 24.3. The first kappa shape index (κ1) is 31.8. The molecule has 1 saturated heterocycles. The Morgan fingerprint density at radius 3 is 2.71 bits per heavy atom. The zero-order valence-corrected chi connectivity index (χ0v) is 25.9. The van der Waals surface area contributed by atoms with Gasteiger partial charge in [0.1, 0.15) is 16.5 Å². The van der Waals surface area contributed by atoms with Gasteiger partial charge in [-0.2, -0.15) is 0 Å². The number of nitrogens with one attached hydrogen (secondary N) is 2. The number of anilines is 3. The van der Waals surface area contributed by atoms with E-state index in [9.17, 15) is 9.59 Å². The standard InChI is InChI=1S/C30H40ClN7O3S/c1-3-41-27(39)11-6-4-5-7-14-38-15-12-21(13-16-38)24-17-26(35-20(2)34-24)36-30-33-19-25(42-30)29(40)37-28-22(18-32)9-8-10-23(28)31/h8-10,17,19,21H,3-7,11-16,18,32H2,1-2H3,(H,37,40)(H,33,34,35,36). The SMILES string of the molecule is CCOC(=O)CCCCCCN1CCC(c2cc(Nc3ncc(C(=O)Nc4c(Cl)cccc4CN)s3)nc(C)n2)CC1. The summed E-state index contributed by atoms with van der Waals surface area (Å²) in [6, 6.07) is 7.35. The molecule has 0 atom stereocenters. The minimum Gasteiger partial charge on any atom is -0.466 e. The van der Waals surface area contributed by atoms with Gasteiger partial charge in [-0.25, -0.2) is 15.0 Å². The number of hydrogen-bond donors (Lipinski definition) is 3. The van der Waals surface area contributed by atoms with E-state index in [2.05, 4.69) is 25.5 Å². The number of hydrogen-bond acceptors (Lipinski definition) is 10. The van der Waals surface area contributed by atoms with E-state index in [0.717, 1.165) is 69.4 Å². The van der Waals surface area contributed by atoms with Gasteiger partial charge >= 0.3 is 5.97 Å². The minimum absolute atomic E-state index is 0.0898. The highest BCUT2D eigenvalue weighted by atomic mass is 35.5. The second kappa shape index (κ2) is 15.9. The number of carbonyl (C=O) groups is 2. The van der Waals surface area contributed by atoms with Gasteiger partial charge in [0.25, 0.3) is 5.91 Å². The summed E-state index contributed by atoms with van der Waals surface area (Å²) < 4.78 is 4.99. The predicted octanol–water partition coefficient (Wildman–Crippen LogP) is 6.04. The fourth-order valence-electron chi connectivity index (χ4n) is 5.11. The molecule has 2 aromatic heterocycles. The van der Waals surface area contributed by atoms with Crippen molar-refractivity contribution in [2.24, 2.45) is 5.73 Å². The Balaban J connectivity index is 1.26. The topological polar surface area (TPSA) is 135 Å². The van der Waals surface area contributed by atoms with Gasteiger partial charge < -0.3 is 26.0 Å². The number of nitrogens with two attached hydrogens (primary N) is 1. The Labute approximate surface area is 256 Å². The van der Waals surface area contributed by atoms with Crippen molar-refractivity contribution >= 4 is 51.5 Å². The molecule has 0 aliphatic carbocycles. The second-order valence-corrected chi connectivity index (χ2v) is 11.8. The van der Waals surface area contributed by atoms with E-state index in [-0.39, 0.29) is 18.4 Å². The van der Waals surface area contributed by atoms with Crippen LogP contribution in [0.1, 0.15) is 84.5 Å². The number of para-hydroxylation sites is 1. The van der Waals surface area contributed by atoms with Crippen LogP contribution < -0.4 is 16.4 Å². The van der Waals surface area contributed by atoms with Crippen LogP contribution in [-0.4, -0.2) is 58.0 Å². The molecular weight excluding hydrogens is 574 g/mol. The molecule has 4 rings (SSSR count). The van der Waals surface area contributed by atoms with Crippen LogP contribution >= 0.6 is 22.9 Å². The summed E-state index contributed by atoms with van der Waals surface area (Å²) in [5.74, 6) is 1.35. The highest BCUT2D eigenvalue weighted by Crippen LogP contribution is 2.31. The van der Waals surface area contributed by atoms with Gasteiger partial charge in [-0.15, -0.1) is 0 Å². The van der Waals surface area contributed by atoms with Crippen molar-refractivity contribution in [1.82, 2.24) is 19.9 Å². The Morgan fingerprint density at radius 2 is 1.95 bits per heavy atom. The third-order valence-electron chi connectivity index (χ3n) is 7.30. The number of halogens is 1. The summed E-state index contributed by atoms with van der Waals surface area (Å²) in [6.45, 7) is 7.63. The summed E-state index contributed by atoms with van der Waals surface area (Å²) in [4.78, 5) is 41.0. The lowest BCUT2D eigenvalue weighted by atomic mass is 9.93. The number of aryl methyl sites for hydroxylation is 1. The summed E-state index contributed by atoms with van der Waals surface area (Å²) in [6.07, 6.45) is 8.40. The van der Waals surface area contributed by atoms with Crippen LogP contribution in [0.3, 0.4) is 0 Å². The molecule has 4 N–H and O–H groups in total. The number of piperidine rings is 1. The lowest BCUT2D eigenvalue weighted by Gasteiger charge is -2.31. The molecule has 42 heavy (non-hydrogen) atoms. The normalized spacial score (nSPS) is 14.1. The van der Waals surface area contributed by atoms with Crippen molar-refractivity contribution in [2.75, 3.05) is 36.9 Å². The molecule has 3 aromatic rings. The number of carbonyl (C=O) groups excluding carboxylic acids is 2. The van der Waals surface area contributed by atoms with E-state index < -0.39 is 0 Å². The number of esters is 1. The summed E-state index contributed by atoms with van der Waals surface area (Å²) in [7, 11) is 0. The Bertz CT molecular complexity index is 1340. The smallest absolute Gasteiger partial charge is 0.305 e. The van der Waals surface area contributed by atoms with Gasteiger partial charge in [-0.05, 0) is 70.8 Å². The first-order valence-electron chi connectivity index (χ1n) is 14.6. The lowest BCUT2D eigenvalue weighted by Crippen LogP contribution is -2.34. The fraction of sp³-hybridized carbons (Fsp3) is 0.500. The molecule has 1 fully saturated rings. The number of thiazole rings is 1. The van der Waals surface area contributed by atoms with Crippen molar-refractivity contribution in [1.29, 1.82) is 0 Å². The molecule has 3 heterocycles. The average molecular weight is 614 g/mol. The molecule has 1 amide bonds. The first-order valence-corrected chi connectivity index (χ1v) is 15.8. The quantitative estimate of drug-likeness (QED) is 0.147. The van der Waals surface area contributed by atoms with Crippen LogP contribution in [0.2, 0.25) is 5.02 Å². The molecular formula is C30H40ClN7O3S. The molecule has 10 nitrogen and oxygen atoms in total. The maximum atomic E-state index is 12.9. The van der Waals surface area contributed by atoms with E-state index in [0.29, 0.717) is 51.3 Å². The Hall–Kier alpha value is -3.12. The summed E-state index contributed by atoms with van der Waals surface area (Å²) in [5, 5.41) is 7.12. The number of aromatic nitrogens is 3. The molecule has 0 spiro atoms. The van der Waals surface area contributed by atoms with Gasteiger partial charge in [0, 0.05) is 30.6 Å². The average Bonchev–Trinajstić information content (AvgIpc) is 3.44. The van der Waals surface area contributed by atoms with Gasteiger partial charge in [0.2, 0.25) is 0 Å². The second-order valence-electron chi connectivity index (χ2n) is 10.4. The van der Waals surface area contributed by atoms with Gasteiger partial charge in [-0.1, -0.05) is 47.9 Å². The predicted molar refractivity (Wildman–Crippen MR) is 168 cm³/mol. The van der Waals surface area contributed by atoms with Crippen LogP contribution in [0.5, 0.6) is 0 Å². The molecule has 0 radical (unpaired) electrons. The third kappa shape index (κ3) is 9.19.